The molecule has 2 N–H and O–H groups in total. The molecule has 0 aliphatic carbocycles. The predicted octanol–water partition coefficient (Wildman–Crippen LogP) is 2.57. The molecular formula is C27H34FN5O4S. The SMILES string of the molecule is COCCCn1c(C2CCCN(C(=O)[C@@H]3CN(S(=O)(=O)c4cccc(F)c4)C[C@H]3N)C2)nc2ccccc21. The van der Waals surface area contributed by atoms with Crippen LogP contribution in [0.25, 0.3) is 11.0 Å². The zero-order chi connectivity index (χ0) is 26.9. The predicted molar refractivity (Wildman–Crippen MR) is 141 cm³/mol. The molecule has 9 nitrogen and oxygen atoms in total. The highest BCUT2D eigenvalue weighted by Gasteiger charge is 2.43. The van der Waals surface area contributed by atoms with Crippen LogP contribution in [-0.4, -0.2) is 79.0 Å². The van der Waals surface area contributed by atoms with Gasteiger partial charge < -0.3 is 19.9 Å². The summed E-state index contributed by atoms with van der Waals surface area (Å²) in [5.41, 5.74) is 8.31. The monoisotopic (exact) mass is 543 g/mol. The number of piperidine rings is 1. The number of benzene rings is 2. The summed E-state index contributed by atoms with van der Waals surface area (Å²) in [5.74, 6) is -0.396. The Hall–Kier alpha value is -2.86. The summed E-state index contributed by atoms with van der Waals surface area (Å²) in [6.45, 7) is 2.52. The second-order valence-corrected chi connectivity index (χ2v) is 12.1. The maximum Gasteiger partial charge on any atom is 0.243 e. The number of halogens is 1. The molecule has 0 saturated carbocycles. The van der Waals surface area contributed by atoms with Crippen LogP contribution >= 0.6 is 0 Å². The molecule has 0 spiro atoms. The molecule has 3 atom stereocenters. The number of ether oxygens (including phenoxy) is 1. The van der Waals surface area contributed by atoms with E-state index in [0.29, 0.717) is 19.7 Å². The Morgan fingerprint density at radius 3 is 2.76 bits per heavy atom. The van der Waals surface area contributed by atoms with Crippen LogP contribution in [-0.2, 0) is 26.1 Å². The van der Waals surface area contributed by atoms with Crippen LogP contribution in [0.2, 0.25) is 0 Å². The summed E-state index contributed by atoms with van der Waals surface area (Å²) >= 11 is 0. The minimum Gasteiger partial charge on any atom is -0.385 e. The van der Waals surface area contributed by atoms with Gasteiger partial charge in [-0.2, -0.15) is 4.31 Å². The number of likely N-dealkylation sites (tertiary alicyclic amines) is 1. The molecule has 38 heavy (non-hydrogen) atoms. The Bertz CT molecular complexity index is 1410. The molecule has 204 valence electrons. The van der Waals surface area contributed by atoms with Crippen molar-refractivity contribution >= 4 is 27.0 Å². The van der Waals surface area contributed by atoms with E-state index >= 15 is 0 Å². The molecule has 1 aromatic heterocycles. The zero-order valence-corrected chi connectivity index (χ0v) is 22.3. The van der Waals surface area contributed by atoms with Gasteiger partial charge in [-0.1, -0.05) is 18.2 Å². The van der Waals surface area contributed by atoms with Crippen LogP contribution in [0.15, 0.2) is 53.4 Å². The van der Waals surface area contributed by atoms with Gasteiger partial charge in [0.15, 0.2) is 0 Å². The number of hydrogen-bond acceptors (Lipinski definition) is 6. The number of fused-ring (bicyclic) bond motifs is 1. The first-order valence-corrected chi connectivity index (χ1v) is 14.5. The maximum absolute atomic E-state index is 13.7. The van der Waals surface area contributed by atoms with E-state index in [-0.39, 0.29) is 29.8 Å². The third-order valence-electron chi connectivity index (χ3n) is 7.60. The first-order chi connectivity index (χ1) is 18.3. The van der Waals surface area contributed by atoms with Crippen LogP contribution in [0.5, 0.6) is 0 Å². The van der Waals surface area contributed by atoms with E-state index in [4.69, 9.17) is 15.5 Å². The Morgan fingerprint density at radius 2 is 1.97 bits per heavy atom. The van der Waals surface area contributed by atoms with Crippen molar-refractivity contribution in [3.8, 4) is 0 Å². The maximum atomic E-state index is 13.7. The molecule has 11 heteroatoms. The fourth-order valence-corrected chi connectivity index (χ4v) is 7.19. The summed E-state index contributed by atoms with van der Waals surface area (Å²) in [6.07, 6.45) is 2.59. The topological polar surface area (TPSA) is 111 Å². The summed E-state index contributed by atoms with van der Waals surface area (Å²) in [4.78, 5) is 20.3. The quantitative estimate of drug-likeness (QED) is 0.437. The highest BCUT2D eigenvalue weighted by Crippen LogP contribution is 2.32. The summed E-state index contributed by atoms with van der Waals surface area (Å²) in [7, 11) is -2.27. The van der Waals surface area contributed by atoms with Gasteiger partial charge in [0.25, 0.3) is 0 Å². The highest BCUT2D eigenvalue weighted by atomic mass is 32.2. The third kappa shape index (κ3) is 5.20. The number of carbonyl (C=O) groups is 1. The van der Waals surface area contributed by atoms with Crippen molar-refractivity contribution in [1.29, 1.82) is 0 Å². The number of carbonyl (C=O) groups excluding carboxylic acids is 1. The minimum absolute atomic E-state index is 0.0157. The summed E-state index contributed by atoms with van der Waals surface area (Å²) in [5, 5.41) is 0. The Labute approximate surface area is 222 Å². The van der Waals surface area contributed by atoms with Crippen LogP contribution in [0.4, 0.5) is 4.39 Å². The molecule has 3 heterocycles. The number of amides is 1. The number of sulfonamides is 1. The lowest BCUT2D eigenvalue weighted by atomic mass is 9.94. The van der Waals surface area contributed by atoms with Crippen molar-refractivity contribution in [2.45, 2.75) is 42.7 Å². The smallest absolute Gasteiger partial charge is 0.243 e. The van der Waals surface area contributed by atoms with E-state index in [0.717, 1.165) is 48.7 Å². The first kappa shape index (κ1) is 26.7. The van der Waals surface area contributed by atoms with Crippen LogP contribution in [0.1, 0.15) is 31.0 Å². The van der Waals surface area contributed by atoms with E-state index in [2.05, 4.69) is 10.6 Å². The van der Waals surface area contributed by atoms with E-state index in [9.17, 15) is 17.6 Å². The Balaban J connectivity index is 1.33. The number of nitrogens with two attached hydrogens (primary N) is 1. The second-order valence-electron chi connectivity index (χ2n) is 10.1. The second kappa shape index (κ2) is 11.1. The van der Waals surface area contributed by atoms with Gasteiger partial charge >= 0.3 is 0 Å². The molecule has 2 saturated heterocycles. The van der Waals surface area contributed by atoms with E-state index in [1.807, 2.05) is 23.1 Å². The summed E-state index contributed by atoms with van der Waals surface area (Å²) in [6, 6.07) is 12.3. The molecule has 5 rings (SSSR count). The number of aromatic nitrogens is 2. The van der Waals surface area contributed by atoms with Gasteiger partial charge in [0.2, 0.25) is 15.9 Å². The number of para-hydroxylation sites is 2. The van der Waals surface area contributed by atoms with Crippen molar-refractivity contribution in [3.63, 3.8) is 0 Å². The first-order valence-electron chi connectivity index (χ1n) is 13.0. The van der Waals surface area contributed by atoms with E-state index < -0.39 is 27.8 Å². The largest absolute Gasteiger partial charge is 0.385 e. The molecule has 2 aliphatic rings. The molecule has 0 bridgehead atoms. The normalized spacial score (nSPS) is 22.8. The number of aryl methyl sites for hydroxylation is 1. The van der Waals surface area contributed by atoms with Gasteiger partial charge in [-0.25, -0.2) is 17.8 Å². The standard InChI is InChI=1S/C27H34FN5O4S/c1-37-14-6-13-33-25-11-3-2-10-24(25)30-26(33)19-7-5-12-31(16-19)27(34)22-17-32(18-23(22)29)38(35,36)21-9-4-8-20(28)15-21/h2-4,8-11,15,19,22-23H,5-7,12-14,16-18,29H2,1H3/t19?,22-,23-/m1/s1. The van der Waals surface area contributed by atoms with Crippen LogP contribution in [0, 0.1) is 11.7 Å². The Morgan fingerprint density at radius 1 is 1.16 bits per heavy atom. The van der Waals surface area contributed by atoms with Gasteiger partial charge in [-0.05, 0) is 49.6 Å². The number of methoxy groups -OCH3 is 1. The van der Waals surface area contributed by atoms with Crippen molar-refractivity contribution < 1.29 is 22.3 Å². The average Bonchev–Trinajstić information content (AvgIpc) is 3.50. The number of rotatable bonds is 8. The van der Waals surface area contributed by atoms with Crippen molar-refractivity contribution in [1.82, 2.24) is 18.8 Å². The van der Waals surface area contributed by atoms with Crippen molar-refractivity contribution in [2.24, 2.45) is 11.7 Å². The Kier molecular flexibility index (Phi) is 7.80. The molecule has 2 fully saturated rings. The average molecular weight is 544 g/mol. The van der Waals surface area contributed by atoms with E-state index in [1.54, 1.807) is 7.11 Å². The van der Waals surface area contributed by atoms with E-state index in [1.165, 1.54) is 22.5 Å². The minimum atomic E-state index is -3.96. The van der Waals surface area contributed by atoms with Gasteiger partial charge in [-0.3, -0.25) is 4.79 Å². The van der Waals surface area contributed by atoms with Gasteiger partial charge in [0, 0.05) is 58.4 Å². The van der Waals surface area contributed by atoms with Crippen molar-refractivity contribution in [2.75, 3.05) is 39.9 Å². The molecule has 2 aliphatic heterocycles. The van der Waals surface area contributed by atoms with Gasteiger partial charge in [-0.15, -0.1) is 0 Å². The lowest BCUT2D eigenvalue weighted by molar-refractivity contribution is -0.136. The molecular weight excluding hydrogens is 509 g/mol. The molecule has 0 radical (unpaired) electrons. The zero-order valence-electron chi connectivity index (χ0n) is 21.5. The lowest BCUT2D eigenvalue weighted by Gasteiger charge is -2.35. The molecule has 1 amide bonds. The number of imidazole rings is 1. The molecule has 2 aromatic carbocycles. The van der Waals surface area contributed by atoms with Crippen molar-refractivity contribution in [3.05, 3.63) is 60.2 Å². The van der Waals surface area contributed by atoms with Gasteiger partial charge in [0.05, 0.1) is 21.8 Å². The lowest BCUT2D eigenvalue weighted by Crippen LogP contribution is -2.47. The fraction of sp³-hybridized carbons (Fsp3) is 0.481. The molecule has 3 aromatic rings. The number of hydrogen-bond donors (Lipinski definition) is 1. The third-order valence-corrected chi connectivity index (χ3v) is 9.42. The fourth-order valence-electron chi connectivity index (χ4n) is 5.66. The van der Waals surface area contributed by atoms with Crippen LogP contribution < -0.4 is 5.73 Å². The summed E-state index contributed by atoms with van der Waals surface area (Å²) < 4.78 is 48.6. The van der Waals surface area contributed by atoms with Crippen LogP contribution in [0.3, 0.4) is 0 Å². The highest BCUT2D eigenvalue weighted by molar-refractivity contribution is 7.89. The van der Waals surface area contributed by atoms with Gasteiger partial charge in [0.1, 0.15) is 11.6 Å². The number of nitrogens with zero attached hydrogens (tertiary/aromatic N) is 4. The molecule has 1 unspecified atom stereocenters.